The zero-order chi connectivity index (χ0) is 14.7. The second-order valence-electron chi connectivity index (χ2n) is 5.87. The molecule has 108 valence electrons. The van der Waals surface area contributed by atoms with Crippen LogP contribution in [0.4, 0.5) is 5.69 Å². The van der Waals surface area contributed by atoms with Crippen LogP contribution in [0.3, 0.4) is 0 Å². The Morgan fingerprint density at radius 3 is 2.81 bits per heavy atom. The number of carbonyl (C=O) groups is 2. The predicted molar refractivity (Wildman–Crippen MR) is 80.6 cm³/mol. The van der Waals surface area contributed by atoms with Crippen LogP contribution in [0.5, 0.6) is 0 Å². The van der Waals surface area contributed by atoms with Gasteiger partial charge in [-0.05, 0) is 6.07 Å². The number of carbonyl (C=O) groups excluding carboxylic acids is 2. The van der Waals surface area contributed by atoms with E-state index in [2.05, 4.69) is 12.1 Å². The van der Waals surface area contributed by atoms with Gasteiger partial charge in [-0.2, -0.15) is 0 Å². The lowest BCUT2D eigenvalue weighted by atomic mass is 10.0. The van der Waals surface area contributed by atoms with Crippen molar-refractivity contribution in [3.8, 4) is 0 Å². The van der Waals surface area contributed by atoms with E-state index in [1.165, 1.54) is 0 Å². The van der Waals surface area contributed by atoms with Crippen molar-refractivity contribution in [2.24, 2.45) is 0 Å². The highest BCUT2D eigenvalue weighted by Gasteiger charge is 2.31. The molecule has 2 aromatic rings. The lowest BCUT2D eigenvalue weighted by Crippen LogP contribution is -2.37. The number of hydrogen-bond acceptors (Lipinski definition) is 3. The Bertz CT molecular complexity index is 790. The molecule has 2 aliphatic rings. The van der Waals surface area contributed by atoms with Gasteiger partial charge in [0.05, 0.1) is 17.7 Å². The third kappa shape index (κ3) is 1.57. The summed E-state index contributed by atoms with van der Waals surface area (Å²) in [5, 5.41) is 1.10. The molecule has 0 fully saturated rings. The summed E-state index contributed by atoms with van der Waals surface area (Å²) in [6, 6.07) is 6.14. The summed E-state index contributed by atoms with van der Waals surface area (Å²) in [7, 11) is 1.95. The quantitative estimate of drug-likeness (QED) is 0.738. The standard InChI is InChI=1S/C16H17N3O2/c1-10(20)18-7-6-13-12(8-18)11-4-3-5-14-16(11)19(13)15(21)9-17(14)2/h3-5H,6-9H2,1-2H3. The molecular formula is C16H17N3O2. The molecule has 5 nitrogen and oxygen atoms in total. The first-order chi connectivity index (χ1) is 10.1. The van der Waals surface area contributed by atoms with Crippen LogP contribution in [0.25, 0.3) is 10.9 Å². The van der Waals surface area contributed by atoms with Crippen LogP contribution >= 0.6 is 0 Å². The largest absolute Gasteiger partial charge is 0.364 e. The molecule has 0 radical (unpaired) electrons. The molecule has 0 saturated heterocycles. The summed E-state index contributed by atoms with van der Waals surface area (Å²) in [6.07, 6.45) is 0.748. The third-order valence-electron chi connectivity index (χ3n) is 4.63. The smallest absolute Gasteiger partial charge is 0.250 e. The van der Waals surface area contributed by atoms with Crippen molar-refractivity contribution < 1.29 is 9.59 Å². The lowest BCUT2D eigenvalue weighted by Gasteiger charge is -2.28. The van der Waals surface area contributed by atoms with Crippen molar-refractivity contribution in [3.05, 3.63) is 29.5 Å². The van der Waals surface area contributed by atoms with Gasteiger partial charge in [0.2, 0.25) is 5.91 Å². The van der Waals surface area contributed by atoms with E-state index in [1.54, 1.807) is 6.92 Å². The van der Waals surface area contributed by atoms with Gasteiger partial charge in [-0.15, -0.1) is 0 Å². The van der Waals surface area contributed by atoms with Gasteiger partial charge in [0.25, 0.3) is 5.91 Å². The SMILES string of the molecule is CC(=O)N1CCc2c(c3cccc4c3n2C(=O)CN4C)C1. The molecule has 21 heavy (non-hydrogen) atoms. The van der Waals surface area contributed by atoms with Gasteiger partial charge in [-0.3, -0.25) is 14.2 Å². The van der Waals surface area contributed by atoms with Crippen LogP contribution in [-0.4, -0.2) is 41.4 Å². The van der Waals surface area contributed by atoms with E-state index in [4.69, 9.17) is 0 Å². The van der Waals surface area contributed by atoms with E-state index >= 15 is 0 Å². The Morgan fingerprint density at radius 2 is 2.05 bits per heavy atom. The van der Waals surface area contributed by atoms with Crippen molar-refractivity contribution in [2.45, 2.75) is 19.9 Å². The third-order valence-corrected chi connectivity index (χ3v) is 4.63. The van der Waals surface area contributed by atoms with Gasteiger partial charge in [0.15, 0.2) is 0 Å². The summed E-state index contributed by atoms with van der Waals surface area (Å²) in [6.45, 7) is 3.31. The highest BCUT2D eigenvalue weighted by Crippen LogP contribution is 2.38. The van der Waals surface area contributed by atoms with E-state index in [9.17, 15) is 9.59 Å². The monoisotopic (exact) mass is 283 g/mol. The number of hydrogen-bond donors (Lipinski definition) is 0. The second-order valence-corrected chi connectivity index (χ2v) is 5.87. The van der Waals surface area contributed by atoms with Gasteiger partial charge in [-0.25, -0.2) is 0 Å². The van der Waals surface area contributed by atoms with Crippen LogP contribution in [-0.2, 0) is 17.8 Å². The molecule has 0 N–H and O–H groups in total. The second kappa shape index (κ2) is 4.10. The van der Waals surface area contributed by atoms with Crippen LogP contribution in [0.2, 0.25) is 0 Å². The Morgan fingerprint density at radius 1 is 1.24 bits per heavy atom. The van der Waals surface area contributed by atoms with Crippen molar-refractivity contribution in [3.63, 3.8) is 0 Å². The maximum Gasteiger partial charge on any atom is 0.250 e. The molecule has 4 rings (SSSR count). The number of benzene rings is 1. The summed E-state index contributed by atoms with van der Waals surface area (Å²) in [5.41, 5.74) is 4.33. The minimum absolute atomic E-state index is 0.0935. The molecule has 1 aromatic carbocycles. The molecule has 0 unspecified atom stereocenters. The Balaban J connectivity index is 2.02. The Hall–Kier alpha value is -2.30. The van der Waals surface area contributed by atoms with Gasteiger partial charge >= 0.3 is 0 Å². The van der Waals surface area contributed by atoms with Crippen molar-refractivity contribution in [1.82, 2.24) is 9.47 Å². The Labute approximate surface area is 122 Å². The molecule has 3 heterocycles. The molecule has 5 heteroatoms. The fourth-order valence-corrected chi connectivity index (χ4v) is 3.60. The van der Waals surface area contributed by atoms with Crippen molar-refractivity contribution in [1.29, 1.82) is 0 Å². The molecule has 0 saturated carbocycles. The van der Waals surface area contributed by atoms with Gasteiger partial charge < -0.3 is 9.80 Å². The zero-order valence-electron chi connectivity index (χ0n) is 12.2. The molecular weight excluding hydrogens is 266 g/mol. The van der Waals surface area contributed by atoms with E-state index in [0.717, 1.165) is 34.3 Å². The summed E-state index contributed by atoms with van der Waals surface area (Å²) < 4.78 is 1.89. The average Bonchev–Trinajstić information content (AvgIpc) is 2.79. The van der Waals surface area contributed by atoms with Crippen molar-refractivity contribution in [2.75, 3.05) is 25.0 Å². The first-order valence-electron chi connectivity index (χ1n) is 7.23. The first-order valence-corrected chi connectivity index (χ1v) is 7.23. The molecule has 0 atom stereocenters. The number of fused-ring (bicyclic) bond motifs is 3. The number of likely N-dealkylation sites (N-methyl/N-ethyl adjacent to an activating group) is 1. The van der Waals surface area contributed by atoms with E-state index < -0.39 is 0 Å². The highest BCUT2D eigenvalue weighted by molar-refractivity contribution is 6.07. The van der Waals surface area contributed by atoms with Gasteiger partial charge in [0.1, 0.15) is 0 Å². The molecule has 0 aliphatic carbocycles. The minimum Gasteiger partial charge on any atom is -0.364 e. The summed E-state index contributed by atoms with van der Waals surface area (Å²) >= 11 is 0. The highest BCUT2D eigenvalue weighted by atomic mass is 16.2. The normalized spacial score (nSPS) is 17.3. The van der Waals surface area contributed by atoms with E-state index in [-0.39, 0.29) is 11.8 Å². The van der Waals surface area contributed by atoms with Crippen LogP contribution in [0.1, 0.15) is 23.0 Å². The number of nitrogens with zero attached hydrogens (tertiary/aromatic N) is 3. The van der Waals surface area contributed by atoms with Crippen LogP contribution in [0.15, 0.2) is 18.2 Å². The summed E-state index contributed by atoms with van der Waals surface area (Å²) in [4.78, 5) is 28.0. The van der Waals surface area contributed by atoms with E-state index in [0.29, 0.717) is 19.6 Å². The van der Waals surface area contributed by atoms with Gasteiger partial charge in [0, 0.05) is 50.1 Å². The number of amides is 1. The topological polar surface area (TPSA) is 45.6 Å². The maximum absolute atomic E-state index is 12.5. The van der Waals surface area contributed by atoms with Crippen LogP contribution < -0.4 is 4.90 Å². The lowest BCUT2D eigenvalue weighted by molar-refractivity contribution is -0.129. The Kier molecular flexibility index (Phi) is 2.43. The number of aromatic nitrogens is 1. The number of rotatable bonds is 0. The average molecular weight is 283 g/mol. The number of anilines is 1. The fraction of sp³-hybridized carbons (Fsp3) is 0.375. The number of para-hydroxylation sites is 1. The molecule has 1 aromatic heterocycles. The first kappa shape index (κ1) is 12.4. The molecule has 0 spiro atoms. The zero-order valence-corrected chi connectivity index (χ0v) is 12.2. The van der Waals surface area contributed by atoms with Crippen LogP contribution in [0, 0.1) is 0 Å². The van der Waals surface area contributed by atoms with Crippen molar-refractivity contribution >= 4 is 28.4 Å². The van der Waals surface area contributed by atoms with E-state index in [1.807, 2.05) is 27.5 Å². The molecule has 2 aliphatic heterocycles. The maximum atomic E-state index is 12.5. The molecule has 0 bridgehead atoms. The fourth-order valence-electron chi connectivity index (χ4n) is 3.60. The summed E-state index contributed by atoms with van der Waals surface area (Å²) in [5.74, 6) is 0.217. The predicted octanol–water partition coefficient (Wildman–Crippen LogP) is 1.64. The molecule has 1 amide bonds. The van der Waals surface area contributed by atoms with Gasteiger partial charge in [-0.1, -0.05) is 12.1 Å². The minimum atomic E-state index is 0.0935.